The van der Waals surface area contributed by atoms with Gasteiger partial charge < -0.3 is 9.64 Å². The van der Waals surface area contributed by atoms with Crippen LogP contribution in [0.15, 0.2) is 23.1 Å². The van der Waals surface area contributed by atoms with Crippen LogP contribution in [0.2, 0.25) is 0 Å². The van der Waals surface area contributed by atoms with E-state index in [0.29, 0.717) is 38.2 Å². The Labute approximate surface area is 140 Å². The number of carbonyl (C=O) groups excluding carboxylic acids is 1. The van der Waals surface area contributed by atoms with Gasteiger partial charge in [-0.25, -0.2) is 8.42 Å². The topological polar surface area (TPSA) is 107 Å². The molecule has 0 spiro atoms. The molecule has 0 radical (unpaired) electrons. The van der Waals surface area contributed by atoms with Crippen molar-refractivity contribution in [3.8, 4) is 0 Å². The van der Waals surface area contributed by atoms with E-state index in [1.54, 1.807) is 6.92 Å². The molecule has 0 saturated carbocycles. The lowest BCUT2D eigenvalue weighted by Crippen LogP contribution is -2.37. The Kier molecular flexibility index (Phi) is 5.43. The molecule has 0 amide bonds. The monoisotopic (exact) mass is 356 g/mol. The Balaban J connectivity index is 2.24. The minimum absolute atomic E-state index is 0.0636. The van der Waals surface area contributed by atoms with Crippen LogP contribution in [-0.4, -0.2) is 45.3 Å². The van der Waals surface area contributed by atoms with E-state index in [-0.39, 0.29) is 22.5 Å². The fourth-order valence-corrected chi connectivity index (χ4v) is 3.70. The molecule has 0 aromatic heterocycles. The highest BCUT2D eigenvalue weighted by molar-refractivity contribution is 7.90. The van der Waals surface area contributed by atoms with Gasteiger partial charge in [0.15, 0.2) is 9.84 Å². The molecule has 1 heterocycles. The van der Waals surface area contributed by atoms with E-state index in [4.69, 9.17) is 4.74 Å². The third kappa shape index (κ3) is 4.02. The smallest absolute Gasteiger partial charge is 0.309 e. The van der Waals surface area contributed by atoms with Crippen LogP contribution < -0.4 is 4.90 Å². The highest BCUT2D eigenvalue weighted by atomic mass is 32.2. The maximum Gasteiger partial charge on any atom is 0.309 e. The predicted octanol–water partition coefficient (Wildman–Crippen LogP) is 1.78. The summed E-state index contributed by atoms with van der Waals surface area (Å²) in [4.78, 5) is 23.8. The quantitative estimate of drug-likeness (QED) is 0.449. The van der Waals surface area contributed by atoms with Crippen LogP contribution in [0.1, 0.15) is 19.8 Å². The number of hydrogen-bond donors (Lipinski definition) is 0. The molecule has 1 aliphatic heterocycles. The van der Waals surface area contributed by atoms with Crippen molar-refractivity contribution in [3.63, 3.8) is 0 Å². The van der Waals surface area contributed by atoms with Gasteiger partial charge in [-0.05, 0) is 25.8 Å². The molecule has 0 aliphatic carbocycles. The maximum absolute atomic E-state index is 12.0. The summed E-state index contributed by atoms with van der Waals surface area (Å²) >= 11 is 0. The van der Waals surface area contributed by atoms with Gasteiger partial charge in [0, 0.05) is 31.5 Å². The van der Waals surface area contributed by atoms with Gasteiger partial charge in [-0.1, -0.05) is 0 Å². The molecule has 0 atom stereocenters. The van der Waals surface area contributed by atoms with Gasteiger partial charge in [-0.15, -0.1) is 0 Å². The van der Waals surface area contributed by atoms with Crippen molar-refractivity contribution in [2.45, 2.75) is 24.7 Å². The number of rotatable bonds is 5. The van der Waals surface area contributed by atoms with Crippen LogP contribution in [-0.2, 0) is 19.4 Å². The number of nitro groups is 1. The van der Waals surface area contributed by atoms with Gasteiger partial charge >= 0.3 is 5.97 Å². The van der Waals surface area contributed by atoms with Crippen LogP contribution in [0.25, 0.3) is 0 Å². The number of nitrogens with zero attached hydrogens (tertiary/aromatic N) is 2. The van der Waals surface area contributed by atoms with E-state index < -0.39 is 14.8 Å². The van der Waals surface area contributed by atoms with Gasteiger partial charge in [-0.2, -0.15) is 0 Å². The number of non-ortho nitro benzene ring substituents is 1. The zero-order chi connectivity index (χ0) is 17.9. The molecular formula is C15H20N2O6S. The third-order valence-corrected chi connectivity index (χ3v) is 5.14. The molecule has 0 bridgehead atoms. The summed E-state index contributed by atoms with van der Waals surface area (Å²) in [6, 6.07) is 3.84. The van der Waals surface area contributed by atoms with Gasteiger partial charge in [0.1, 0.15) is 0 Å². The minimum atomic E-state index is -3.62. The number of anilines is 1. The standard InChI is InChI=1S/C15H20N2O6S/c1-3-23-15(18)11-6-8-16(9-7-11)13-5-4-12(17(19)20)10-14(13)24(2,21)22/h4-5,10-11H,3,6-9H2,1-2H3. The molecule has 1 fully saturated rings. The molecule has 8 nitrogen and oxygen atoms in total. The van der Waals surface area contributed by atoms with Crippen LogP contribution in [0.3, 0.4) is 0 Å². The van der Waals surface area contributed by atoms with Crippen molar-refractivity contribution >= 4 is 27.2 Å². The largest absolute Gasteiger partial charge is 0.466 e. The zero-order valence-electron chi connectivity index (χ0n) is 13.6. The fraction of sp³-hybridized carbons (Fsp3) is 0.533. The van der Waals surface area contributed by atoms with Gasteiger partial charge in [0.25, 0.3) is 5.69 Å². The van der Waals surface area contributed by atoms with E-state index >= 15 is 0 Å². The number of sulfone groups is 1. The lowest BCUT2D eigenvalue weighted by Gasteiger charge is -2.33. The Hall–Kier alpha value is -2.16. The second-order valence-corrected chi connectivity index (χ2v) is 7.68. The number of piperidine rings is 1. The van der Waals surface area contributed by atoms with Crippen LogP contribution >= 0.6 is 0 Å². The maximum atomic E-state index is 12.0. The van der Waals surface area contributed by atoms with Gasteiger partial charge in [-0.3, -0.25) is 14.9 Å². The lowest BCUT2D eigenvalue weighted by atomic mass is 9.96. The lowest BCUT2D eigenvalue weighted by molar-refractivity contribution is -0.385. The normalized spacial score (nSPS) is 16.0. The molecule has 1 aliphatic rings. The average Bonchev–Trinajstić information content (AvgIpc) is 2.54. The van der Waals surface area contributed by atoms with Gasteiger partial charge in [0.05, 0.1) is 28.0 Å². The van der Waals surface area contributed by atoms with E-state index in [9.17, 15) is 23.3 Å². The number of carbonyl (C=O) groups is 1. The molecule has 1 saturated heterocycles. The summed E-state index contributed by atoms with van der Waals surface area (Å²) in [5.74, 6) is -0.426. The van der Waals surface area contributed by atoms with Crippen molar-refractivity contribution in [1.82, 2.24) is 0 Å². The number of hydrogen-bond acceptors (Lipinski definition) is 7. The van der Waals surface area contributed by atoms with Crippen molar-refractivity contribution in [2.24, 2.45) is 5.92 Å². The number of esters is 1. The van der Waals surface area contributed by atoms with E-state index in [2.05, 4.69) is 0 Å². The van der Waals surface area contributed by atoms with E-state index in [1.807, 2.05) is 4.90 Å². The second-order valence-electron chi connectivity index (χ2n) is 5.69. The summed E-state index contributed by atoms with van der Waals surface area (Å²) in [7, 11) is -3.62. The Morgan fingerprint density at radius 3 is 2.50 bits per heavy atom. The van der Waals surface area contributed by atoms with E-state index in [1.165, 1.54) is 12.1 Å². The van der Waals surface area contributed by atoms with Crippen molar-refractivity contribution < 1.29 is 22.9 Å². The highest BCUT2D eigenvalue weighted by Gasteiger charge is 2.29. The SMILES string of the molecule is CCOC(=O)C1CCN(c2ccc([N+](=O)[O-])cc2S(C)(=O)=O)CC1. The number of nitro benzene ring substituents is 1. The molecule has 1 aromatic carbocycles. The molecule has 0 N–H and O–H groups in total. The first-order valence-corrected chi connectivity index (χ1v) is 9.53. The molecule has 1 aromatic rings. The highest BCUT2D eigenvalue weighted by Crippen LogP contribution is 2.32. The van der Waals surface area contributed by atoms with Crippen LogP contribution in [0.4, 0.5) is 11.4 Å². The first-order valence-electron chi connectivity index (χ1n) is 7.64. The Morgan fingerprint density at radius 2 is 2.00 bits per heavy atom. The average molecular weight is 356 g/mol. The second kappa shape index (κ2) is 7.16. The van der Waals surface area contributed by atoms with Crippen molar-refractivity contribution in [2.75, 3.05) is 30.9 Å². The molecule has 24 heavy (non-hydrogen) atoms. The third-order valence-electron chi connectivity index (χ3n) is 4.01. The number of benzene rings is 1. The fourth-order valence-electron chi connectivity index (χ4n) is 2.79. The molecular weight excluding hydrogens is 336 g/mol. The molecule has 2 rings (SSSR count). The first kappa shape index (κ1) is 18.2. The van der Waals surface area contributed by atoms with Gasteiger partial charge in [0.2, 0.25) is 0 Å². The summed E-state index contributed by atoms with van der Waals surface area (Å²) < 4.78 is 29.0. The van der Waals surface area contributed by atoms with Crippen LogP contribution in [0.5, 0.6) is 0 Å². The Morgan fingerprint density at radius 1 is 1.38 bits per heavy atom. The molecule has 132 valence electrons. The number of ether oxygens (including phenoxy) is 1. The van der Waals surface area contributed by atoms with Crippen molar-refractivity contribution in [1.29, 1.82) is 0 Å². The van der Waals surface area contributed by atoms with Crippen LogP contribution in [0, 0.1) is 16.0 Å². The minimum Gasteiger partial charge on any atom is -0.466 e. The predicted molar refractivity (Wildman–Crippen MR) is 87.8 cm³/mol. The van der Waals surface area contributed by atoms with Crippen molar-refractivity contribution in [3.05, 3.63) is 28.3 Å². The Bertz CT molecular complexity index is 738. The summed E-state index contributed by atoms with van der Waals surface area (Å²) in [6.07, 6.45) is 2.14. The summed E-state index contributed by atoms with van der Waals surface area (Å²) in [5.41, 5.74) is 0.172. The molecule has 9 heteroatoms. The molecule has 0 unspecified atom stereocenters. The van der Waals surface area contributed by atoms with E-state index in [0.717, 1.165) is 12.3 Å². The summed E-state index contributed by atoms with van der Waals surface area (Å²) in [6.45, 7) is 3.07. The zero-order valence-corrected chi connectivity index (χ0v) is 14.4. The first-order chi connectivity index (χ1) is 11.2. The summed E-state index contributed by atoms with van der Waals surface area (Å²) in [5, 5.41) is 10.9.